The number of carbonyl (C=O) groups excluding carboxylic acids is 1. The monoisotopic (exact) mass is 339 g/mol. The molecule has 1 fully saturated rings. The highest BCUT2D eigenvalue weighted by atomic mass is 79.9. The zero-order valence-electron chi connectivity index (χ0n) is 12.2. The van der Waals surface area contributed by atoms with E-state index in [2.05, 4.69) is 45.5 Å². The summed E-state index contributed by atoms with van der Waals surface area (Å²) in [7, 11) is 1.45. The minimum Gasteiger partial charge on any atom is -0.468 e. The van der Waals surface area contributed by atoms with E-state index in [1.165, 1.54) is 12.7 Å². The molecule has 20 heavy (non-hydrogen) atoms. The first-order valence-electron chi connectivity index (χ1n) is 7.10. The maximum atomic E-state index is 11.7. The number of hydrogen-bond donors (Lipinski definition) is 1. The van der Waals surface area contributed by atoms with Crippen molar-refractivity contribution in [3.8, 4) is 0 Å². The molecule has 0 aromatic heterocycles. The molecule has 0 aliphatic heterocycles. The second kappa shape index (κ2) is 6.72. The van der Waals surface area contributed by atoms with E-state index in [1.54, 1.807) is 0 Å². The molecule has 3 nitrogen and oxygen atoms in total. The van der Waals surface area contributed by atoms with Crippen molar-refractivity contribution in [3.05, 3.63) is 34.3 Å². The number of esters is 1. The summed E-state index contributed by atoms with van der Waals surface area (Å²) in [6.07, 6.45) is 2.17. The van der Waals surface area contributed by atoms with Gasteiger partial charge in [-0.1, -0.05) is 41.9 Å². The minimum atomic E-state index is -0.198. The van der Waals surface area contributed by atoms with Crippen LogP contribution in [0.15, 0.2) is 28.7 Å². The van der Waals surface area contributed by atoms with Gasteiger partial charge in [0.25, 0.3) is 0 Å². The number of benzene rings is 1. The van der Waals surface area contributed by atoms with Gasteiger partial charge in [0.15, 0.2) is 0 Å². The standard InChI is InChI=1S/C16H22BrNO2/c1-10(2)15(16(19)20-3)18-14-8-12(9-14)11-4-6-13(17)7-5-11/h4-7,10,12,14-15,18H,8-9H2,1-3H3. The Hall–Kier alpha value is -0.870. The number of nitrogens with one attached hydrogen (secondary N) is 1. The third-order valence-electron chi connectivity index (χ3n) is 4.02. The summed E-state index contributed by atoms with van der Waals surface area (Å²) in [6.45, 7) is 4.08. The Bertz CT molecular complexity index is 452. The van der Waals surface area contributed by atoms with Crippen molar-refractivity contribution >= 4 is 21.9 Å². The van der Waals surface area contributed by atoms with Crippen molar-refractivity contribution in [2.24, 2.45) is 5.92 Å². The summed E-state index contributed by atoms with van der Waals surface area (Å²) in [5, 5.41) is 3.43. The van der Waals surface area contributed by atoms with Crippen LogP contribution in [0, 0.1) is 5.92 Å². The Morgan fingerprint density at radius 3 is 2.40 bits per heavy atom. The fourth-order valence-electron chi connectivity index (χ4n) is 2.67. The smallest absolute Gasteiger partial charge is 0.323 e. The lowest BCUT2D eigenvalue weighted by molar-refractivity contribution is -0.144. The number of ether oxygens (including phenoxy) is 1. The van der Waals surface area contributed by atoms with E-state index in [0.717, 1.165) is 17.3 Å². The van der Waals surface area contributed by atoms with Gasteiger partial charge in [0.2, 0.25) is 0 Å². The molecule has 110 valence electrons. The summed E-state index contributed by atoms with van der Waals surface area (Å²) in [5.74, 6) is 0.687. The van der Waals surface area contributed by atoms with Gasteiger partial charge in [0.05, 0.1) is 7.11 Å². The first-order valence-corrected chi connectivity index (χ1v) is 7.90. The maximum absolute atomic E-state index is 11.7. The van der Waals surface area contributed by atoms with Crippen molar-refractivity contribution in [2.75, 3.05) is 7.11 Å². The number of hydrogen-bond acceptors (Lipinski definition) is 3. The average molecular weight is 340 g/mol. The number of halogens is 1. The van der Waals surface area contributed by atoms with E-state index >= 15 is 0 Å². The average Bonchev–Trinajstić information content (AvgIpc) is 2.38. The molecule has 1 N–H and O–H groups in total. The van der Waals surface area contributed by atoms with Crippen LogP contribution in [0.4, 0.5) is 0 Å². The predicted molar refractivity (Wildman–Crippen MR) is 83.7 cm³/mol. The Morgan fingerprint density at radius 1 is 1.30 bits per heavy atom. The highest BCUT2D eigenvalue weighted by Gasteiger charge is 2.34. The molecule has 1 aliphatic carbocycles. The van der Waals surface area contributed by atoms with Crippen molar-refractivity contribution in [2.45, 2.75) is 44.7 Å². The lowest BCUT2D eigenvalue weighted by Crippen LogP contribution is -2.51. The lowest BCUT2D eigenvalue weighted by atomic mass is 9.75. The topological polar surface area (TPSA) is 38.3 Å². The van der Waals surface area contributed by atoms with Crippen molar-refractivity contribution in [3.63, 3.8) is 0 Å². The van der Waals surface area contributed by atoms with Gasteiger partial charge in [0, 0.05) is 10.5 Å². The zero-order valence-corrected chi connectivity index (χ0v) is 13.8. The fraction of sp³-hybridized carbons (Fsp3) is 0.562. The third-order valence-corrected chi connectivity index (χ3v) is 4.55. The first kappa shape index (κ1) is 15.5. The minimum absolute atomic E-state index is 0.160. The SMILES string of the molecule is COC(=O)C(NC1CC(c2ccc(Br)cc2)C1)C(C)C. The molecule has 0 saturated heterocycles. The van der Waals surface area contributed by atoms with E-state index in [1.807, 2.05) is 13.8 Å². The van der Waals surface area contributed by atoms with Crippen LogP contribution in [0.25, 0.3) is 0 Å². The second-order valence-corrected chi connectivity index (χ2v) is 6.74. The van der Waals surface area contributed by atoms with Crippen molar-refractivity contribution in [1.29, 1.82) is 0 Å². The third kappa shape index (κ3) is 3.61. The zero-order chi connectivity index (χ0) is 14.7. The Labute approximate surface area is 129 Å². The van der Waals surface area contributed by atoms with Gasteiger partial charge in [-0.3, -0.25) is 4.79 Å². The largest absolute Gasteiger partial charge is 0.468 e. The van der Waals surface area contributed by atoms with E-state index in [0.29, 0.717) is 12.0 Å². The summed E-state index contributed by atoms with van der Waals surface area (Å²) in [6, 6.07) is 8.73. The normalized spacial score (nSPS) is 23.2. The van der Waals surface area contributed by atoms with Gasteiger partial charge in [-0.2, -0.15) is 0 Å². The summed E-state index contributed by atoms with van der Waals surface area (Å²) in [5.41, 5.74) is 1.38. The molecule has 0 spiro atoms. The Morgan fingerprint density at radius 2 is 1.90 bits per heavy atom. The number of rotatable bonds is 5. The molecule has 1 saturated carbocycles. The van der Waals surface area contributed by atoms with Gasteiger partial charge in [-0.25, -0.2) is 0 Å². The molecule has 1 aliphatic rings. The highest BCUT2D eigenvalue weighted by Crippen LogP contribution is 2.37. The molecule has 0 bridgehead atoms. The van der Waals surface area contributed by atoms with Crippen molar-refractivity contribution < 1.29 is 9.53 Å². The molecule has 1 unspecified atom stereocenters. The molecule has 0 amide bonds. The van der Waals surface area contributed by atoms with E-state index in [9.17, 15) is 4.79 Å². The molecule has 1 atom stereocenters. The predicted octanol–water partition coefficient (Wildman–Crippen LogP) is 3.48. The van der Waals surface area contributed by atoms with Crippen LogP contribution in [0.3, 0.4) is 0 Å². The van der Waals surface area contributed by atoms with Gasteiger partial charge in [-0.05, 0) is 42.4 Å². The van der Waals surface area contributed by atoms with E-state index in [4.69, 9.17) is 4.74 Å². The quantitative estimate of drug-likeness (QED) is 0.834. The molecule has 0 radical (unpaired) electrons. The summed E-state index contributed by atoms with van der Waals surface area (Å²) in [4.78, 5) is 11.7. The molecule has 1 aromatic rings. The molecule has 2 rings (SSSR count). The van der Waals surface area contributed by atoms with Gasteiger partial charge in [-0.15, -0.1) is 0 Å². The van der Waals surface area contributed by atoms with Crippen LogP contribution >= 0.6 is 15.9 Å². The van der Waals surface area contributed by atoms with Crippen LogP contribution in [0.5, 0.6) is 0 Å². The molecular weight excluding hydrogens is 318 g/mol. The lowest BCUT2D eigenvalue weighted by Gasteiger charge is -2.39. The van der Waals surface area contributed by atoms with E-state index in [-0.39, 0.29) is 17.9 Å². The maximum Gasteiger partial charge on any atom is 0.323 e. The number of carbonyl (C=O) groups is 1. The second-order valence-electron chi connectivity index (χ2n) is 5.83. The summed E-state index contributed by atoms with van der Waals surface area (Å²) >= 11 is 3.46. The van der Waals surface area contributed by atoms with Crippen LogP contribution in [-0.4, -0.2) is 25.2 Å². The fourth-order valence-corrected chi connectivity index (χ4v) is 2.94. The number of methoxy groups -OCH3 is 1. The van der Waals surface area contributed by atoms with Gasteiger partial charge in [0.1, 0.15) is 6.04 Å². The Kier molecular flexibility index (Phi) is 5.22. The first-order chi connectivity index (χ1) is 9.51. The Balaban J connectivity index is 1.86. The molecular formula is C16H22BrNO2. The van der Waals surface area contributed by atoms with Crippen LogP contribution in [0.1, 0.15) is 38.2 Å². The van der Waals surface area contributed by atoms with Crippen LogP contribution < -0.4 is 5.32 Å². The van der Waals surface area contributed by atoms with Gasteiger partial charge < -0.3 is 10.1 Å². The summed E-state index contributed by atoms with van der Waals surface area (Å²) < 4.78 is 5.97. The molecule has 0 heterocycles. The highest BCUT2D eigenvalue weighted by molar-refractivity contribution is 9.10. The van der Waals surface area contributed by atoms with E-state index < -0.39 is 0 Å². The van der Waals surface area contributed by atoms with Gasteiger partial charge >= 0.3 is 5.97 Å². The van der Waals surface area contributed by atoms with Crippen LogP contribution in [0.2, 0.25) is 0 Å². The van der Waals surface area contributed by atoms with Crippen molar-refractivity contribution in [1.82, 2.24) is 5.32 Å². The molecule has 4 heteroatoms. The van der Waals surface area contributed by atoms with Crippen LogP contribution in [-0.2, 0) is 9.53 Å². The molecule has 1 aromatic carbocycles.